The third kappa shape index (κ3) is 3.92. The Morgan fingerprint density at radius 2 is 1.69 bits per heavy atom. The van der Waals surface area contributed by atoms with Crippen LogP contribution in [0.15, 0.2) is 54.7 Å². The number of aromatic nitrogens is 1. The molecule has 0 N–H and O–H groups in total. The van der Waals surface area contributed by atoms with Gasteiger partial charge in [0.25, 0.3) is 0 Å². The van der Waals surface area contributed by atoms with Crippen LogP contribution in [0.2, 0.25) is 0 Å². The minimum Gasteiger partial charge on any atom is -0.350 e. The van der Waals surface area contributed by atoms with Gasteiger partial charge < -0.3 is 14.4 Å². The van der Waals surface area contributed by atoms with Gasteiger partial charge in [-0.15, -0.1) is 0 Å². The number of halogens is 1. The van der Waals surface area contributed by atoms with E-state index in [2.05, 4.69) is 28.5 Å². The van der Waals surface area contributed by atoms with Crippen molar-refractivity contribution in [1.82, 2.24) is 14.4 Å². The monoisotopic (exact) mass is 393 g/mol. The fraction of sp³-hybridized carbons (Fsp3) is 0.375. The van der Waals surface area contributed by atoms with Crippen LogP contribution in [0, 0.1) is 5.82 Å². The topological polar surface area (TPSA) is 28.5 Å². The van der Waals surface area contributed by atoms with Crippen LogP contribution in [0.4, 0.5) is 4.39 Å². The third-order valence-electron chi connectivity index (χ3n) is 6.13. The summed E-state index contributed by atoms with van der Waals surface area (Å²) in [7, 11) is 2.00. The molecule has 2 aromatic carbocycles. The van der Waals surface area contributed by atoms with Crippen molar-refractivity contribution in [2.75, 3.05) is 32.7 Å². The van der Waals surface area contributed by atoms with Gasteiger partial charge in [-0.25, -0.2) is 4.39 Å². The van der Waals surface area contributed by atoms with Gasteiger partial charge in [0, 0.05) is 62.7 Å². The highest BCUT2D eigenvalue weighted by Gasteiger charge is 2.28. The number of rotatable bonds is 5. The molecule has 1 unspecified atom stereocenters. The molecule has 3 aromatic rings. The van der Waals surface area contributed by atoms with Crippen LogP contribution < -0.4 is 0 Å². The Kier molecular flexibility index (Phi) is 5.67. The molecular weight excluding hydrogens is 365 g/mol. The number of hydrogen-bond donors (Lipinski definition) is 0. The van der Waals surface area contributed by atoms with E-state index >= 15 is 0 Å². The molecule has 1 saturated heterocycles. The molecule has 1 aliphatic rings. The molecule has 1 atom stereocenters. The first-order chi connectivity index (χ1) is 14.1. The number of likely N-dealkylation sites (N-methyl/N-ethyl adjacent to an activating group) is 1. The Hall–Kier alpha value is -2.66. The average Bonchev–Trinajstić information content (AvgIpc) is 3.09. The number of nitrogens with zero attached hydrogens (tertiary/aromatic N) is 3. The second-order valence-electron chi connectivity index (χ2n) is 7.81. The molecule has 4 rings (SSSR count). The lowest BCUT2D eigenvalue weighted by molar-refractivity contribution is -0.133. The summed E-state index contributed by atoms with van der Waals surface area (Å²) in [6.45, 7) is 6.45. The SMILES string of the molecule is CCN1CCN(C(=O)CC(c2ccccc2F)c2cn(C)c3ccccc23)CC1. The Balaban J connectivity index is 1.68. The first-order valence-corrected chi connectivity index (χ1v) is 10.4. The molecule has 0 radical (unpaired) electrons. The van der Waals surface area contributed by atoms with Crippen molar-refractivity contribution in [3.63, 3.8) is 0 Å². The Labute approximate surface area is 171 Å². The zero-order valence-electron chi connectivity index (χ0n) is 17.1. The first kappa shape index (κ1) is 19.6. The summed E-state index contributed by atoms with van der Waals surface area (Å²) in [6.07, 6.45) is 2.32. The molecule has 1 aromatic heterocycles. The molecule has 2 heterocycles. The number of carbonyl (C=O) groups excluding carboxylic acids is 1. The van der Waals surface area contributed by atoms with E-state index in [1.54, 1.807) is 6.07 Å². The number of benzene rings is 2. The van der Waals surface area contributed by atoms with Gasteiger partial charge in [-0.1, -0.05) is 43.3 Å². The van der Waals surface area contributed by atoms with Gasteiger partial charge in [0.2, 0.25) is 5.91 Å². The number of hydrogen-bond acceptors (Lipinski definition) is 2. The van der Waals surface area contributed by atoms with Gasteiger partial charge in [0.15, 0.2) is 0 Å². The molecule has 0 spiro atoms. The average molecular weight is 394 g/mol. The molecule has 0 aliphatic carbocycles. The van der Waals surface area contributed by atoms with Crippen LogP contribution in [0.1, 0.15) is 30.4 Å². The van der Waals surface area contributed by atoms with E-state index in [9.17, 15) is 9.18 Å². The summed E-state index contributed by atoms with van der Waals surface area (Å²) < 4.78 is 16.8. The lowest BCUT2D eigenvalue weighted by atomic mass is 9.87. The molecule has 0 bridgehead atoms. The van der Waals surface area contributed by atoms with Crippen molar-refractivity contribution in [2.45, 2.75) is 19.3 Å². The van der Waals surface area contributed by atoms with Crippen molar-refractivity contribution in [1.29, 1.82) is 0 Å². The van der Waals surface area contributed by atoms with Crippen molar-refractivity contribution >= 4 is 16.8 Å². The second kappa shape index (κ2) is 8.37. The van der Waals surface area contributed by atoms with E-state index in [4.69, 9.17) is 0 Å². The number of amides is 1. The molecule has 152 valence electrons. The van der Waals surface area contributed by atoms with Gasteiger partial charge in [0.1, 0.15) is 5.82 Å². The first-order valence-electron chi connectivity index (χ1n) is 10.4. The van der Waals surface area contributed by atoms with Crippen LogP contribution in [-0.4, -0.2) is 53.0 Å². The smallest absolute Gasteiger partial charge is 0.223 e. The van der Waals surface area contributed by atoms with Gasteiger partial charge in [0.05, 0.1) is 0 Å². The second-order valence-corrected chi connectivity index (χ2v) is 7.81. The minimum absolute atomic E-state index is 0.0990. The van der Waals surface area contributed by atoms with E-state index in [-0.39, 0.29) is 24.1 Å². The summed E-state index contributed by atoms with van der Waals surface area (Å²) in [4.78, 5) is 17.5. The molecule has 4 nitrogen and oxygen atoms in total. The van der Waals surface area contributed by atoms with Crippen molar-refractivity contribution in [2.24, 2.45) is 7.05 Å². The van der Waals surface area contributed by atoms with E-state index in [1.165, 1.54) is 6.07 Å². The highest BCUT2D eigenvalue weighted by Crippen LogP contribution is 2.36. The number of carbonyl (C=O) groups is 1. The molecule has 1 amide bonds. The van der Waals surface area contributed by atoms with E-state index in [1.807, 2.05) is 42.4 Å². The summed E-state index contributed by atoms with van der Waals surface area (Å²) in [5.74, 6) is -0.463. The summed E-state index contributed by atoms with van der Waals surface area (Å²) in [5, 5.41) is 1.08. The fourth-order valence-corrected chi connectivity index (χ4v) is 4.41. The molecule has 1 aliphatic heterocycles. The summed E-state index contributed by atoms with van der Waals surface area (Å²) >= 11 is 0. The molecule has 0 saturated carbocycles. The van der Waals surface area contributed by atoms with Gasteiger partial charge in [-0.3, -0.25) is 4.79 Å². The number of para-hydroxylation sites is 1. The van der Waals surface area contributed by atoms with Crippen LogP contribution in [-0.2, 0) is 11.8 Å². The van der Waals surface area contributed by atoms with Gasteiger partial charge in [-0.2, -0.15) is 0 Å². The summed E-state index contributed by atoms with van der Waals surface area (Å²) in [6, 6.07) is 15.0. The minimum atomic E-state index is -0.306. The largest absolute Gasteiger partial charge is 0.350 e. The highest BCUT2D eigenvalue weighted by atomic mass is 19.1. The number of aryl methyl sites for hydroxylation is 1. The zero-order chi connectivity index (χ0) is 20.4. The van der Waals surface area contributed by atoms with Gasteiger partial charge in [-0.05, 0) is 29.8 Å². The van der Waals surface area contributed by atoms with Crippen molar-refractivity contribution in [3.05, 3.63) is 71.7 Å². The van der Waals surface area contributed by atoms with Crippen LogP contribution in [0.25, 0.3) is 10.9 Å². The lowest BCUT2D eigenvalue weighted by Gasteiger charge is -2.35. The molecule has 5 heteroatoms. The highest BCUT2D eigenvalue weighted by molar-refractivity contribution is 5.86. The van der Waals surface area contributed by atoms with E-state index in [0.717, 1.165) is 49.2 Å². The van der Waals surface area contributed by atoms with Crippen LogP contribution >= 0.6 is 0 Å². The predicted octanol–water partition coefficient (Wildman–Crippen LogP) is 4.00. The Bertz CT molecular complexity index is 1000. The Morgan fingerprint density at radius 1 is 1.00 bits per heavy atom. The lowest BCUT2D eigenvalue weighted by Crippen LogP contribution is -2.48. The maximum Gasteiger partial charge on any atom is 0.223 e. The van der Waals surface area contributed by atoms with Crippen LogP contribution in [0.3, 0.4) is 0 Å². The van der Waals surface area contributed by atoms with Crippen molar-refractivity contribution in [3.8, 4) is 0 Å². The third-order valence-corrected chi connectivity index (χ3v) is 6.13. The molecule has 29 heavy (non-hydrogen) atoms. The maximum atomic E-state index is 14.8. The van der Waals surface area contributed by atoms with Crippen molar-refractivity contribution < 1.29 is 9.18 Å². The summed E-state index contributed by atoms with van der Waals surface area (Å²) in [5.41, 5.74) is 2.69. The Morgan fingerprint density at radius 3 is 2.41 bits per heavy atom. The molecule has 1 fully saturated rings. The van der Waals surface area contributed by atoms with E-state index < -0.39 is 0 Å². The fourth-order valence-electron chi connectivity index (χ4n) is 4.41. The predicted molar refractivity (Wildman–Crippen MR) is 114 cm³/mol. The quantitative estimate of drug-likeness (QED) is 0.655. The standard InChI is InChI=1S/C24H28FN3O/c1-3-27-12-14-28(15-13-27)24(29)16-20(18-8-4-6-10-22(18)25)21-17-26(2)23-11-7-5-9-19(21)23/h4-11,17,20H,3,12-16H2,1-2H3. The maximum absolute atomic E-state index is 14.8. The zero-order valence-corrected chi connectivity index (χ0v) is 17.1. The van der Waals surface area contributed by atoms with Crippen LogP contribution in [0.5, 0.6) is 0 Å². The number of fused-ring (bicyclic) bond motifs is 1. The number of piperazine rings is 1. The normalized spacial score (nSPS) is 16.3. The van der Waals surface area contributed by atoms with E-state index in [0.29, 0.717) is 5.56 Å². The van der Waals surface area contributed by atoms with Gasteiger partial charge >= 0.3 is 0 Å². The molecular formula is C24H28FN3O.